The molecule has 2 N–H and O–H groups in total. The van der Waals surface area contributed by atoms with Crippen molar-refractivity contribution in [2.45, 2.75) is 51.6 Å². The fourth-order valence-electron chi connectivity index (χ4n) is 2.21. The van der Waals surface area contributed by atoms with Crippen LogP contribution >= 0.6 is 0 Å². The van der Waals surface area contributed by atoms with Gasteiger partial charge in [0.25, 0.3) is 0 Å². The van der Waals surface area contributed by atoms with Crippen molar-refractivity contribution >= 4 is 0 Å². The van der Waals surface area contributed by atoms with E-state index >= 15 is 0 Å². The van der Waals surface area contributed by atoms with Gasteiger partial charge in [0.05, 0.1) is 0 Å². The monoisotopic (exact) mass is 170 g/mol. The fraction of sp³-hybridized carbons (Fsp3) is 1.00. The molecule has 1 saturated heterocycles. The molecule has 2 nitrogen and oxygen atoms in total. The lowest BCUT2D eigenvalue weighted by Gasteiger charge is -2.36. The smallest absolute Gasteiger partial charge is 0.0127 e. The second-order valence-corrected chi connectivity index (χ2v) is 4.74. The Morgan fingerprint density at radius 1 is 1.42 bits per heavy atom. The Hall–Kier alpha value is -0.0800. The van der Waals surface area contributed by atoms with Gasteiger partial charge in [0.1, 0.15) is 0 Å². The third kappa shape index (κ3) is 2.20. The van der Waals surface area contributed by atoms with E-state index < -0.39 is 0 Å². The van der Waals surface area contributed by atoms with Crippen LogP contribution in [0.15, 0.2) is 0 Å². The molecule has 0 aromatic carbocycles. The first-order valence-electron chi connectivity index (χ1n) is 5.02. The van der Waals surface area contributed by atoms with Crippen molar-refractivity contribution in [3.8, 4) is 0 Å². The molecule has 0 amide bonds. The summed E-state index contributed by atoms with van der Waals surface area (Å²) >= 11 is 0. The van der Waals surface area contributed by atoms with Gasteiger partial charge in [-0.2, -0.15) is 0 Å². The summed E-state index contributed by atoms with van der Waals surface area (Å²) < 4.78 is 0. The molecule has 1 aliphatic heterocycles. The molecular formula is C10H22N2. The normalized spacial score (nSPS) is 26.5. The molecule has 1 heterocycles. The van der Waals surface area contributed by atoms with E-state index in [-0.39, 0.29) is 0 Å². The number of nitrogens with two attached hydrogens (primary N) is 1. The number of nitrogens with zero attached hydrogens (tertiary/aromatic N) is 1. The minimum absolute atomic E-state index is 0.330. The highest BCUT2D eigenvalue weighted by molar-refractivity contribution is 4.87. The molecule has 1 atom stereocenters. The van der Waals surface area contributed by atoms with Crippen molar-refractivity contribution in [1.82, 2.24) is 4.90 Å². The summed E-state index contributed by atoms with van der Waals surface area (Å²) in [5, 5.41) is 0. The van der Waals surface area contributed by atoms with Crippen LogP contribution in [0, 0.1) is 0 Å². The lowest BCUT2D eigenvalue weighted by atomic mass is 10.0. The van der Waals surface area contributed by atoms with E-state index in [1.807, 2.05) is 0 Å². The maximum atomic E-state index is 5.59. The van der Waals surface area contributed by atoms with Gasteiger partial charge in [-0.05, 0) is 53.1 Å². The van der Waals surface area contributed by atoms with Crippen LogP contribution in [0.3, 0.4) is 0 Å². The minimum atomic E-state index is 0.330. The van der Waals surface area contributed by atoms with Gasteiger partial charge in [-0.1, -0.05) is 0 Å². The Morgan fingerprint density at radius 2 is 2.08 bits per heavy atom. The van der Waals surface area contributed by atoms with Crippen LogP contribution in [0.2, 0.25) is 0 Å². The van der Waals surface area contributed by atoms with Crippen molar-refractivity contribution in [3.63, 3.8) is 0 Å². The van der Waals surface area contributed by atoms with E-state index in [1.54, 1.807) is 0 Å². The van der Waals surface area contributed by atoms with Crippen LogP contribution in [0.1, 0.15) is 40.0 Å². The van der Waals surface area contributed by atoms with Crippen LogP contribution in [-0.2, 0) is 0 Å². The Morgan fingerprint density at radius 3 is 2.58 bits per heavy atom. The molecule has 1 fully saturated rings. The van der Waals surface area contributed by atoms with Crippen molar-refractivity contribution in [3.05, 3.63) is 0 Å². The van der Waals surface area contributed by atoms with Gasteiger partial charge in [-0.3, -0.25) is 4.90 Å². The molecule has 12 heavy (non-hydrogen) atoms. The molecule has 72 valence electrons. The third-order valence-electron chi connectivity index (χ3n) is 2.74. The van der Waals surface area contributed by atoms with Gasteiger partial charge in [0.2, 0.25) is 0 Å². The predicted molar refractivity (Wildman–Crippen MR) is 53.2 cm³/mol. The third-order valence-corrected chi connectivity index (χ3v) is 2.74. The zero-order chi connectivity index (χ0) is 9.19. The Bertz CT molecular complexity index is 137. The van der Waals surface area contributed by atoms with Gasteiger partial charge in [0, 0.05) is 11.6 Å². The van der Waals surface area contributed by atoms with Crippen LogP contribution in [-0.4, -0.2) is 29.6 Å². The van der Waals surface area contributed by atoms with Gasteiger partial charge in [-0.15, -0.1) is 0 Å². The second-order valence-electron chi connectivity index (χ2n) is 4.74. The molecule has 0 bridgehead atoms. The van der Waals surface area contributed by atoms with Gasteiger partial charge >= 0.3 is 0 Å². The highest BCUT2D eigenvalue weighted by Gasteiger charge is 2.31. The van der Waals surface area contributed by atoms with Crippen molar-refractivity contribution in [2.75, 3.05) is 13.1 Å². The van der Waals surface area contributed by atoms with Gasteiger partial charge in [0.15, 0.2) is 0 Å². The molecule has 0 aliphatic carbocycles. The molecule has 1 aliphatic rings. The van der Waals surface area contributed by atoms with Crippen LogP contribution in [0.25, 0.3) is 0 Å². The molecule has 0 aromatic rings. The molecule has 0 spiro atoms. The second kappa shape index (κ2) is 3.75. The summed E-state index contributed by atoms with van der Waals surface area (Å²) in [6, 6.07) is 0.745. The number of hydrogen-bond acceptors (Lipinski definition) is 2. The maximum absolute atomic E-state index is 5.59. The first-order valence-corrected chi connectivity index (χ1v) is 5.02. The molecule has 0 unspecified atom stereocenters. The molecule has 2 heteroatoms. The van der Waals surface area contributed by atoms with E-state index in [1.165, 1.54) is 19.4 Å². The van der Waals surface area contributed by atoms with E-state index in [4.69, 9.17) is 5.73 Å². The van der Waals surface area contributed by atoms with Crippen molar-refractivity contribution in [2.24, 2.45) is 5.73 Å². The number of likely N-dealkylation sites (tertiary alicyclic amines) is 1. The quantitative estimate of drug-likeness (QED) is 0.682. The SMILES string of the molecule is CC(C)(C)N1CCC[C@H]1CCN. The summed E-state index contributed by atoms with van der Waals surface area (Å²) in [5.74, 6) is 0. The molecule has 0 saturated carbocycles. The maximum Gasteiger partial charge on any atom is 0.0127 e. The summed E-state index contributed by atoms with van der Waals surface area (Å²) in [6.45, 7) is 8.97. The standard InChI is InChI=1S/C10H22N2/c1-10(2,3)12-8-4-5-9(12)6-7-11/h9H,4-8,11H2,1-3H3/t9-/m0/s1. The number of hydrogen-bond donors (Lipinski definition) is 1. The lowest BCUT2D eigenvalue weighted by molar-refractivity contribution is 0.117. The average molecular weight is 170 g/mol. The summed E-state index contributed by atoms with van der Waals surface area (Å²) in [7, 11) is 0. The molecule has 1 rings (SSSR count). The highest BCUT2D eigenvalue weighted by Crippen LogP contribution is 2.27. The van der Waals surface area contributed by atoms with Crippen molar-refractivity contribution in [1.29, 1.82) is 0 Å². The summed E-state index contributed by atoms with van der Waals surface area (Å²) in [6.07, 6.45) is 3.85. The first kappa shape index (κ1) is 10.0. The summed E-state index contributed by atoms with van der Waals surface area (Å²) in [5.41, 5.74) is 5.92. The number of rotatable bonds is 2. The van der Waals surface area contributed by atoms with Gasteiger partial charge < -0.3 is 5.73 Å². The van der Waals surface area contributed by atoms with Crippen LogP contribution < -0.4 is 5.73 Å². The van der Waals surface area contributed by atoms with Crippen molar-refractivity contribution < 1.29 is 0 Å². The van der Waals surface area contributed by atoms with Crippen LogP contribution in [0.4, 0.5) is 0 Å². The Labute approximate surface area is 76.1 Å². The Balaban J connectivity index is 2.52. The topological polar surface area (TPSA) is 29.3 Å². The van der Waals surface area contributed by atoms with E-state index in [0.29, 0.717) is 5.54 Å². The molecular weight excluding hydrogens is 148 g/mol. The zero-order valence-electron chi connectivity index (χ0n) is 8.64. The molecule has 0 aromatic heterocycles. The minimum Gasteiger partial charge on any atom is -0.330 e. The summed E-state index contributed by atoms with van der Waals surface area (Å²) in [4.78, 5) is 2.60. The highest BCUT2D eigenvalue weighted by atomic mass is 15.2. The fourth-order valence-corrected chi connectivity index (χ4v) is 2.21. The average Bonchev–Trinajstić information content (AvgIpc) is 2.34. The predicted octanol–water partition coefficient (Wildman–Crippen LogP) is 1.60. The first-order chi connectivity index (χ1) is 5.55. The van der Waals surface area contributed by atoms with E-state index in [0.717, 1.165) is 19.0 Å². The largest absolute Gasteiger partial charge is 0.330 e. The van der Waals surface area contributed by atoms with Gasteiger partial charge in [-0.25, -0.2) is 0 Å². The van der Waals surface area contributed by atoms with E-state index in [9.17, 15) is 0 Å². The van der Waals surface area contributed by atoms with Crippen LogP contribution in [0.5, 0.6) is 0 Å². The van der Waals surface area contributed by atoms with E-state index in [2.05, 4.69) is 25.7 Å². The lowest BCUT2D eigenvalue weighted by Crippen LogP contribution is -2.45. The Kier molecular flexibility index (Phi) is 3.13. The zero-order valence-corrected chi connectivity index (χ0v) is 8.64. The molecule has 0 radical (unpaired) electrons.